The van der Waals surface area contributed by atoms with Crippen LogP contribution in [0.25, 0.3) is 0 Å². The summed E-state index contributed by atoms with van der Waals surface area (Å²) in [6, 6.07) is 0. The molecule has 0 amide bonds. The summed E-state index contributed by atoms with van der Waals surface area (Å²) in [6.45, 7) is 3.55. The minimum atomic E-state index is -3.29. The number of sulfonamides is 1. The van der Waals surface area contributed by atoms with Gasteiger partial charge in [-0.15, -0.1) is 10.2 Å². The molecule has 0 aliphatic heterocycles. The predicted octanol–water partition coefficient (Wildman–Crippen LogP) is 0.103. The highest BCUT2D eigenvalue weighted by Crippen LogP contribution is 2.24. The molecule has 0 aliphatic carbocycles. The molecule has 3 N–H and O–H groups in total. The number of aromatic nitrogens is 2. The van der Waals surface area contributed by atoms with Crippen LogP contribution in [0.2, 0.25) is 0 Å². The molecule has 14 heavy (non-hydrogen) atoms. The Labute approximate surface area is 86.6 Å². The quantitative estimate of drug-likeness (QED) is 0.775. The molecule has 0 fully saturated rings. The van der Waals surface area contributed by atoms with Crippen molar-refractivity contribution >= 4 is 26.5 Å². The fourth-order valence-electron chi connectivity index (χ4n) is 0.683. The summed E-state index contributed by atoms with van der Waals surface area (Å²) in [6.07, 6.45) is 1.06. The highest BCUT2D eigenvalue weighted by Gasteiger charge is 2.20. The lowest BCUT2D eigenvalue weighted by molar-refractivity contribution is 0.544. The number of nitrogens with zero attached hydrogens (tertiary/aromatic N) is 2. The Kier molecular flexibility index (Phi) is 2.79. The monoisotopic (exact) mass is 236 g/mol. The van der Waals surface area contributed by atoms with Gasteiger partial charge in [-0.3, -0.25) is 4.72 Å². The van der Waals surface area contributed by atoms with E-state index in [0.717, 1.165) is 17.6 Å². The number of rotatable bonds is 3. The summed E-state index contributed by atoms with van der Waals surface area (Å²) in [5.74, 6) is 0. The van der Waals surface area contributed by atoms with E-state index in [4.69, 9.17) is 5.73 Å². The fraction of sp³-hybridized carbons (Fsp3) is 0.667. The second-order valence-electron chi connectivity index (χ2n) is 3.51. The summed E-state index contributed by atoms with van der Waals surface area (Å²) in [5, 5.41) is 8.28. The van der Waals surface area contributed by atoms with Gasteiger partial charge in [0.15, 0.2) is 0 Å². The zero-order chi connectivity index (χ0) is 11.0. The number of nitrogens with one attached hydrogen (secondary N) is 1. The molecule has 0 saturated heterocycles. The zero-order valence-electron chi connectivity index (χ0n) is 8.10. The minimum absolute atomic E-state index is 0.237. The van der Waals surface area contributed by atoms with E-state index < -0.39 is 15.6 Å². The molecule has 0 bridgehead atoms. The standard InChI is InChI=1S/C6H12N4O2S2/c1-6(2,7)4-8-9-5(13-4)10-14(3,11)12/h7H2,1-3H3,(H,9,10). The maximum absolute atomic E-state index is 10.9. The van der Waals surface area contributed by atoms with Gasteiger partial charge in [-0.05, 0) is 13.8 Å². The lowest BCUT2D eigenvalue weighted by Gasteiger charge is -2.12. The van der Waals surface area contributed by atoms with E-state index in [1.165, 1.54) is 0 Å². The fourth-order valence-corrected chi connectivity index (χ4v) is 2.27. The topological polar surface area (TPSA) is 98.0 Å². The van der Waals surface area contributed by atoms with Gasteiger partial charge in [0, 0.05) is 0 Å². The first-order valence-corrected chi connectivity index (χ1v) is 6.50. The van der Waals surface area contributed by atoms with Crippen LogP contribution in [-0.4, -0.2) is 24.9 Å². The second kappa shape index (κ2) is 3.44. The first-order chi connectivity index (χ1) is 6.18. The maximum Gasteiger partial charge on any atom is 0.231 e. The molecule has 1 heterocycles. The first-order valence-electron chi connectivity index (χ1n) is 3.79. The van der Waals surface area contributed by atoms with Crippen LogP contribution in [0.15, 0.2) is 0 Å². The van der Waals surface area contributed by atoms with E-state index in [-0.39, 0.29) is 5.13 Å². The summed E-state index contributed by atoms with van der Waals surface area (Å²) in [7, 11) is -3.29. The van der Waals surface area contributed by atoms with Crippen molar-refractivity contribution < 1.29 is 8.42 Å². The molecule has 0 aliphatic rings. The van der Waals surface area contributed by atoms with E-state index in [9.17, 15) is 8.42 Å². The van der Waals surface area contributed by atoms with Crippen molar-refractivity contribution in [1.82, 2.24) is 10.2 Å². The Bertz CT molecular complexity index is 417. The third kappa shape index (κ3) is 3.20. The Hall–Kier alpha value is -0.730. The molecule has 1 aromatic rings. The smallest absolute Gasteiger partial charge is 0.231 e. The van der Waals surface area contributed by atoms with Crippen molar-refractivity contribution in [3.05, 3.63) is 5.01 Å². The van der Waals surface area contributed by atoms with Gasteiger partial charge in [0.05, 0.1) is 11.8 Å². The average molecular weight is 236 g/mol. The van der Waals surface area contributed by atoms with Gasteiger partial charge >= 0.3 is 0 Å². The van der Waals surface area contributed by atoms with Gasteiger partial charge in [-0.1, -0.05) is 11.3 Å². The molecule has 0 atom stereocenters. The van der Waals surface area contributed by atoms with Gasteiger partial charge in [0.25, 0.3) is 0 Å². The van der Waals surface area contributed by atoms with Gasteiger partial charge in [0.2, 0.25) is 15.2 Å². The van der Waals surface area contributed by atoms with Gasteiger partial charge in [-0.2, -0.15) is 0 Å². The molecular weight excluding hydrogens is 224 g/mol. The van der Waals surface area contributed by atoms with Crippen LogP contribution < -0.4 is 10.5 Å². The normalized spacial score (nSPS) is 12.9. The largest absolute Gasteiger partial charge is 0.320 e. The van der Waals surface area contributed by atoms with Gasteiger partial charge < -0.3 is 5.73 Å². The SMILES string of the molecule is CC(C)(N)c1nnc(NS(C)(=O)=O)s1. The molecule has 8 heteroatoms. The predicted molar refractivity (Wildman–Crippen MR) is 55.6 cm³/mol. The lowest BCUT2D eigenvalue weighted by Crippen LogP contribution is -2.28. The summed E-state index contributed by atoms with van der Waals surface area (Å²) >= 11 is 1.13. The highest BCUT2D eigenvalue weighted by atomic mass is 32.2. The summed E-state index contributed by atoms with van der Waals surface area (Å²) in [4.78, 5) is 0. The Morgan fingerprint density at radius 2 is 2.00 bits per heavy atom. The van der Waals surface area contributed by atoms with Gasteiger partial charge in [0.1, 0.15) is 5.01 Å². The van der Waals surface area contributed by atoms with Crippen LogP contribution in [0.5, 0.6) is 0 Å². The molecular formula is C6H12N4O2S2. The molecule has 0 unspecified atom stereocenters. The van der Waals surface area contributed by atoms with E-state index in [1.54, 1.807) is 13.8 Å². The molecule has 6 nitrogen and oxygen atoms in total. The number of hydrogen-bond acceptors (Lipinski definition) is 6. The summed E-state index contributed by atoms with van der Waals surface area (Å²) < 4.78 is 23.9. The Morgan fingerprint density at radius 1 is 1.43 bits per heavy atom. The average Bonchev–Trinajstić information content (AvgIpc) is 2.29. The van der Waals surface area contributed by atoms with Crippen LogP contribution in [0.3, 0.4) is 0 Å². The molecule has 0 spiro atoms. The van der Waals surface area contributed by atoms with Crippen LogP contribution in [0.4, 0.5) is 5.13 Å². The van der Waals surface area contributed by atoms with E-state index in [0.29, 0.717) is 5.01 Å². The Morgan fingerprint density at radius 3 is 2.36 bits per heavy atom. The third-order valence-electron chi connectivity index (χ3n) is 1.25. The van der Waals surface area contributed by atoms with E-state index in [2.05, 4.69) is 14.9 Å². The zero-order valence-corrected chi connectivity index (χ0v) is 9.74. The van der Waals surface area contributed by atoms with Crippen LogP contribution in [0, 0.1) is 0 Å². The number of anilines is 1. The molecule has 0 aromatic carbocycles. The van der Waals surface area contributed by atoms with Crippen molar-refractivity contribution in [2.75, 3.05) is 11.0 Å². The third-order valence-corrected chi connectivity index (χ3v) is 3.12. The number of hydrogen-bond donors (Lipinski definition) is 2. The van der Waals surface area contributed by atoms with Crippen molar-refractivity contribution in [3.8, 4) is 0 Å². The van der Waals surface area contributed by atoms with E-state index >= 15 is 0 Å². The number of nitrogens with two attached hydrogens (primary N) is 1. The van der Waals surface area contributed by atoms with E-state index in [1.807, 2.05) is 0 Å². The molecule has 0 saturated carbocycles. The molecule has 1 aromatic heterocycles. The maximum atomic E-state index is 10.9. The van der Waals surface area contributed by atoms with Crippen molar-refractivity contribution in [3.63, 3.8) is 0 Å². The lowest BCUT2D eigenvalue weighted by atomic mass is 10.1. The Balaban J connectivity index is 2.90. The van der Waals surface area contributed by atoms with Crippen molar-refractivity contribution in [2.45, 2.75) is 19.4 Å². The molecule has 1 rings (SSSR count). The van der Waals surface area contributed by atoms with Crippen LogP contribution in [0.1, 0.15) is 18.9 Å². The van der Waals surface area contributed by atoms with Crippen molar-refractivity contribution in [1.29, 1.82) is 0 Å². The van der Waals surface area contributed by atoms with Crippen LogP contribution >= 0.6 is 11.3 Å². The second-order valence-corrected chi connectivity index (χ2v) is 6.23. The molecule has 0 radical (unpaired) electrons. The first kappa shape index (κ1) is 11.3. The highest BCUT2D eigenvalue weighted by molar-refractivity contribution is 7.92. The minimum Gasteiger partial charge on any atom is -0.320 e. The molecule has 80 valence electrons. The van der Waals surface area contributed by atoms with Crippen LogP contribution in [-0.2, 0) is 15.6 Å². The van der Waals surface area contributed by atoms with Crippen molar-refractivity contribution in [2.24, 2.45) is 5.73 Å². The van der Waals surface area contributed by atoms with Gasteiger partial charge in [-0.25, -0.2) is 8.42 Å². The summed E-state index contributed by atoms with van der Waals surface area (Å²) in [5.41, 5.74) is 5.16.